The van der Waals surface area contributed by atoms with E-state index in [4.69, 9.17) is 10.5 Å². The molecule has 0 aliphatic rings. The lowest BCUT2D eigenvalue weighted by Crippen LogP contribution is -2.42. The van der Waals surface area contributed by atoms with E-state index in [0.717, 1.165) is 21.6 Å². The molecule has 2 N–H and O–H groups in total. The van der Waals surface area contributed by atoms with E-state index in [2.05, 4.69) is 4.98 Å². The number of aryl methyl sites for hydroxylation is 2. The minimum absolute atomic E-state index is 0.214. The quantitative estimate of drug-likeness (QED) is 0.530. The molecule has 0 saturated heterocycles. The van der Waals surface area contributed by atoms with E-state index in [1.807, 2.05) is 42.7 Å². The Kier molecular flexibility index (Phi) is 4.07. The molecule has 150 valence electrons. The molecule has 0 atom stereocenters. The Morgan fingerprint density at radius 3 is 2.59 bits per heavy atom. The first-order valence-electron chi connectivity index (χ1n) is 8.89. The first-order valence-corrected chi connectivity index (χ1v) is 8.89. The fraction of sp³-hybridized carbons (Fsp3) is 0.263. The van der Waals surface area contributed by atoms with E-state index in [9.17, 15) is 14.4 Å². The number of fused-ring (bicyclic) bond motifs is 3. The second kappa shape index (κ2) is 6.36. The first kappa shape index (κ1) is 18.5. The van der Waals surface area contributed by atoms with Crippen LogP contribution in [0.3, 0.4) is 0 Å². The molecule has 29 heavy (non-hydrogen) atoms. The summed E-state index contributed by atoms with van der Waals surface area (Å²) in [6, 6.07) is 7.45. The number of nitrogens with two attached hydrogens (primary N) is 1. The summed E-state index contributed by atoms with van der Waals surface area (Å²) in [5.41, 5.74) is 6.87. The van der Waals surface area contributed by atoms with Crippen LogP contribution in [0.2, 0.25) is 0 Å². The van der Waals surface area contributed by atoms with Gasteiger partial charge in [0.2, 0.25) is 11.7 Å². The van der Waals surface area contributed by atoms with Gasteiger partial charge in [-0.2, -0.15) is 4.98 Å². The molecule has 10 heteroatoms. The highest BCUT2D eigenvalue weighted by atomic mass is 16.5. The normalized spacial score (nSPS) is 11.4. The number of rotatable bonds is 4. The Balaban J connectivity index is 2.16. The van der Waals surface area contributed by atoms with Crippen molar-refractivity contribution in [3.8, 4) is 11.4 Å². The Bertz CT molecular complexity index is 1420. The number of imidazole rings is 2. The zero-order valence-corrected chi connectivity index (χ0v) is 16.5. The lowest BCUT2D eigenvalue weighted by Gasteiger charge is -2.08. The van der Waals surface area contributed by atoms with Gasteiger partial charge in [-0.3, -0.25) is 23.1 Å². The topological polar surface area (TPSA) is 119 Å². The second-order valence-corrected chi connectivity index (χ2v) is 6.83. The molecule has 3 aromatic heterocycles. The molecular weight excluding hydrogens is 376 g/mol. The van der Waals surface area contributed by atoms with Crippen molar-refractivity contribution in [3.63, 3.8) is 0 Å². The third-order valence-corrected chi connectivity index (χ3v) is 5.14. The highest BCUT2D eigenvalue weighted by molar-refractivity contribution is 5.78. The number of methoxy groups -OCH3 is 1. The summed E-state index contributed by atoms with van der Waals surface area (Å²) in [5, 5.41) is 0. The lowest BCUT2D eigenvalue weighted by atomic mass is 10.3. The van der Waals surface area contributed by atoms with Crippen molar-refractivity contribution in [2.24, 2.45) is 12.8 Å². The fourth-order valence-electron chi connectivity index (χ4n) is 3.60. The van der Waals surface area contributed by atoms with Crippen molar-refractivity contribution < 1.29 is 9.53 Å². The molecule has 0 bridgehead atoms. The van der Waals surface area contributed by atoms with Crippen molar-refractivity contribution in [2.45, 2.75) is 20.4 Å². The minimum Gasteiger partial charge on any atom is -0.497 e. The van der Waals surface area contributed by atoms with E-state index in [1.54, 1.807) is 11.5 Å². The third-order valence-electron chi connectivity index (χ3n) is 5.14. The molecule has 3 heterocycles. The van der Waals surface area contributed by atoms with Crippen LogP contribution in [0, 0.1) is 13.8 Å². The molecule has 1 amide bonds. The summed E-state index contributed by atoms with van der Waals surface area (Å²) in [5.74, 6) is 0.386. The van der Waals surface area contributed by atoms with Gasteiger partial charge in [0.1, 0.15) is 12.3 Å². The van der Waals surface area contributed by atoms with Gasteiger partial charge in [0.15, 0.2) is 11.2 Å². The van der Waals surface area contributed by atoms with Crippen LogP contribution in [0.4, 0.5) is 0 Å². The Hall–Kier alpha value is -3.82. The molecule has 4 rings (SSSR count). The first-order chi connectivity index (χ1) is 13.8. The number of carbonyl (C=O) groups is 1. The van der Waals surface area contributed by atoms with Gasteiger partial charge in [0.25, 0.3) is 5.56 Å². The molecule has 0 unspecified atom stereocenters. The van der Waals surface area contributed by atoms with E-state index in [1.165, 1.54) is 11.6 Å². The molecule has 0 fully saturated rings. The van der Waals surface area contributed by atoms with E-state index in [0.29, 0.717) is 11.5 Å². The van der Waals surface area contributed by atoms with Crippen LogP contribution in [0.5, 0.6) is 5.75 Å². The molecule has 0 aliphatic carbocycles. The number of carbonyl (C=O) groups excluding carboxylic acids is 1. The van der Waals surface area contributed by atoms with Gasteiger partial charge in [0.05, 0.1) is 12.8 Å². The summed E-state index contributed by atoms with van der Waals surface area (Å²) >= 11 is 0. The molecule has 4 aromatic rings. The number of ether oxygens (including phenoxy) is 1. The van der Waals surface area contributed by atoms with Gasteiger partial charge in [-0.15, -0.1) is 0 Å². The average Bonchev–Trinajstić information content (AvgIpc) is 3.19. The maximum absolute atomic E-state index is 13.1. The molecule has 0 aliphatic heterocycles. The molecule has 0 radical (unpaired) electrons. The number of amides is 1. The van der Waals surface area contributed by atoms with E-state index < -0.39 is 23.7 Å². The van der Waals surface area contributed by atoms with Gasteiger partial charge in [-0.05, 0) is 26.0 Å². The second-order valence-electron chi connectivity index (χ2n) is 6.83. The molecule has 10 nitrogen and oxygen atoms in total. The monoisotopic (exact) mass is 396 g/mol. The van der Waals surface area contributed by atoms with Gasteiger partial charge < -0.3 is 10.5 Å². The maximum atomic E-state index is 13.1. The Morgan fingerprint density at radius 1 is 1.21 bits per heavy atom. The van der Waals surface area contributed by atoms with Crippen LogP contribution in [0.1, 0.15) is 11.4 Å². The highest BCUT2D eigenvalue weighted by Crippen LogP contribution is 2.26. The molecule has 1 aromatic carbocycles. The van der Waals surface area contributed by atoms with Crippen LogP contribution in [-0.4, -0.2) is 36.1 Å². The van der Waals surface area contributed by atoms with Crippen molar-refractivity contribution in [3.05, 3.63) is 56.5 Å². The molecular formula is C19H20N6O4. The third kappa shape index (κ3) is 2.56. The van der Waals surface area contributed by atoms with Gasteiger partial charge in [-0.25, -0.2) is 9.36 Å². The standard InChI is InChI=1S/C19H20N6O4/c1-10-11(2)25-15-16(22(3)19(28)23(17(15)27)9-14(20)26)21-18(25)24(10)12-6-5-7-13(8-12)29-4/h5-8H,9H2,1-4H3,(H2,20,26). The number of nitrogens with zero attached hydrogens (tertiary/aromatic N) is 5. The number of hydrogen-bond donors (Lipinski definition) is 1. The van der Waals surface area contributed by atoms with Crippen LogP contribution in [-0.2, 0) is 18.4 Å². The van der Waals surface area contributed by atoms with Crippen LogP contribution < -0.4 is 21.7 Å². The predicted octanol–water partition coefficient (Wildman–Crippen LogP) is 0.249. The number of benzene rings is 1. The van der Waals surface area contributed by atoms with Crippen molar-refractivity contribution in [1.82, 2.24) is 23.1 Å². The fourth-order valence-corrected chi connectivity index (χ4v) is 3.60. The van der Waals surface area contributed by atoms with Crippen LogP contribution >= 0.6 is 0 Å². The largest absolute Gasteiger partial charge is 0.497 e. The molecule has 0 spiro atoms. The Morgan fingerprint density at radius 2 is 1.93 bits per heavy atom. The van der Waals surface area contributed by atoms with Crippen molar-refractivity contribution >= 4 is 22.8 Å². The summed E-state index contributed by atoms with van der Waals surface area (Å²) in [4.78, 5) is 41.6. The zero-order valence-electron chi connectivity index (χ0n) is 16.5. The lowest BCUT2D eigenvalue weighted by molar-refractivity contribution is -0.118. The van der Waals surface area contributed by atoms with Gasteiger partial charge >= 0.3 is 5.69 Å². The van der Waals surface area contributed by atoms with Crippen LogP contribution in [0.15, 0.2) is 33.9 Å². The Labute approximate surface area is 164 Å². The maximum Gasteiger partial charge on any atom is 0.332 e. The smallest absolute Gasteiger partial charge is 0.332 e. The molecule has 0 saturated carbocycles. The average molecular weight is 396 g/mol. The zero-order chi connectivity index (χ0) is 21.0. The number of hydrogen-bond acceptors (Lipinski definition) is 5. The highest BCUT2D eigenvalue weighted by Gasteiger charge is 2.23. The summed E-state index contributed by atoms with van der Waals surface area (Å²) in [6.07, 6.45) is 0. The van der Waals surface area contributed by atoms with Crippen molar-refractivity contribution in [2.75, 3.05) is 7.11 Å². The number of aromatic nitrogens is 5. The summed E-state index contributed by atoms with van der Waals surface area (Å²) < 4.78 is 11.0. The van der Waals surface area contributed by atoms with E-state index in [-0.39, 0.29) is 11.2 Å². The van der Waals surface area contributed by atoms with Crippen molar-refractivity contribution in [1.29, 1.82) is 0 Å². The SMILES string of the molecule is COc1cccc(-n2c(C)c(C)n3c4c(=O)n(CC(N)=O)c(=O)n(C)c4nc23)c1. The van der Waals surface area contributed by atoms with Crippen LogP contribution in [0.25, 0.3) is 22.6 Å². The van der Waals surface area contributed by atoms with Gasteiger partial charge in [-0.1, -0.05) is 6.07 Å². The summed E-state index contributed by atoms with van der Waals surface area (Å²) in [6.45, 7) is 3.28. The minimum atomic E-state index is -0.772. The van der Waals surface area contributed by atoms with E-state index >= 15 is 0 Å². The van der Waals surface area contributed by atoms with Gasteiger partial charge in [0, 0.05) is 24.5 Å². The predicted molar refractivity (Wildman–Crippen MR) is 107 cm³/mol. The summed E-state index contributed by atoms with van der Waals surface area (Å²) in [7, 11) is 3.09. The number of primary amides is 1.